The smallest absolute Gasteiger partial charge is 0.240 e. The van der Waals surface area contributed by atoms with E-state index in [2.05, 4.69) is 23.9 Å². The third kappa shape index (κ3) is 1.95. The molecule has 1 fully saturated rings. The molecule has 5 heteroatoms. The van der Waals surface area contributed by atoms with Crippen LogP contribution in [0.2, 0.25) is 0 Å². The largest absolute Gasteiger partial charge is 0.473 e. The van der Waals surface area contributed by atoms with Gasteiger partial charge in [0.1, 0.15) is 11.6 Å². The van der Waals surface area contributed by atoms with E-state index < -0.39 is 0 Å². The van der Waals surface area contributed by atoms with E-state index in [1.165, 1.54) is 0 Å². The van der Waals surface area contributed by atoms with Gasteiger partial charge in [-0.25, -0.2) is 9.50 Å². The zero-order chi connectivity index (χ0) is 12.7. The number of aromatic nitrogens is 3. The number of fused-ring (bicyclic) bond motifs is 1. The second-order valence-corrected chi connectivity index (χ2v) is 5.26. The van der Waals surface area contributed by atoms with Crippen molar-refractivity contribution < 1.29 is 4.74 Å². The van der Waals surface area contributed by atoms with Crippen molar-refractivity contribution in [3.05, 3.63) is 24.2 Å². The molecule has 5 nitrogen and oxygen atoms in total. The number of hydrogen-bond donors (Lipinski definition) is 1. The van der Waals surface area contributed by atoms with Crippen LogP contribution >= 0.6 is 0 Å². The molecular formula is C13H18N4O. The lowest BCUT2D eigenvalue weighted by atomic mass is 9.90. The normalized spacial score (nSPS) is 23.3. The van der Waals surface area contributed by atoms with E-state index in [4.69, 9.17) is 10.5 Å². The summed E-state index contributed by atoms with van der Waals surface area (Å²) in [6.07, 6.45) is 5.59. The summed E-state index contributed by atoms with van der Waals surface area (Å²) in [6, 6.07) is 2.33. The van der Waals surface area contributed by atoms with E-state index in [9.17, 15) is 0 Å². The van der Waals surface area contributed by atoms with Crippen LogP contribution in [-0.4, -0.2) is 26.7 Å². The Hall–Kier alpha value is -1.62. The second-order valence-electron chi connectivity index (χ2n) is 5.26. The minimum absolute atomic E-state index is 0.205. The van der Waals surface area contributed by atoms with Crippen LogP contribution in [0.3, 0.4) is 0 Å². The zero-order valence-electron chi connectivity index (χ0n) is 10.7. The molecule has 1 saturated carbocycles. The van der Waals surface area contributed by atoms with Gasteiger partial charge in [-0.3, -0.25) is 0 Å². The summed E-state index contributed by atoms with van der Waals surface area (Å²) in [4.78, 5) is 4.30. The van der Waals surface area contributed by atoms with E-state index in [1.807, 2.05) is 16.8 Å². The Morgan fingerprint density at radius 1 is 1.44 bits per heavy atom. The van der Waals surface area contributed by atoms with Crippen molar-refractivity contribution >= 4 is 5.52 Å². The van der Waals surface area contributed by atoms with Crippen LogP contribution in [-0.2, 0) is 0 Å². The van der Waals surface area contributed by atoms with Crippen molar-refractivity contribution in [2.75, 3.05) is 0 Å². The van der Waals surface area contributed by atoms with Crippen molar-refractivity contribution in [3.8, 4) is 5.88 Å². The second kappa shape index (κ2) is 4.24. The summed E-state index contributed by atoms with van der Waals surface area (Å²) in [5.74, 6) is 1.06. The third-order valence-electron chi connectivity index (χ3n) is 3.37. The number of ether oxygens (including phenoxy) is 1. The molecule has 0 aliphatic heterocycles. The fourth-order valence-corrected chi connectivity index (χ4v) is 2.15. The molecule has 1 aliphatic carbocycles. The molecule has 96 valence electrons. The summed E-state index contributed by atoms with van der Waals surface area (Å²) in [5, 5.41) is 4.51. The van der Waals surface area contributed by atoms with Gasteiger partial charge in [0.25, 0.3) is 0 Å². The minimum Gasteiger partial charge on any atom is -0.473 e. The van der Waals surface area contributed by atoms with Crippen molar-refractivity contribution in [1.29, 1.82) is 0 Å². The number of nitrogens with two attached hydrogens (primary N) is 1. The summed E-state index contributed by atoms with van der Waals surface area (Å²) >= 11 is 0. The number of nitrogens with zero attached hydrogens (tertiary/aromatic N) is 3. The quantitative estimate of drug-likeness (QED) is 0.895. The fraction of sp³-hybridized carbons (Fsp3) is 0.538. The maximum absolute atomic E-state index is 5.88. The van der Waals surface area contributed by atoms with Crippen LogP contribution in [0.5, 0.6) is 5.88 Å². The van der Waals surface area contributed by atoms with Crippen molar-refractivity contribution in [1.82, 2.24) is 14.6 Å². The highest BCUT2D eigenvalue weighted by Crippen LogP contribution is 2.27. The maximum atomic E-state index is 5.88. The highest BCUT2D eigenvalue weighted by atomic mass is 16.5. The topological polar surface area (TPSA) is 65.4 Å². The molecule has 0 unspecified atom stereocenters. The highest BCUT2D eigenvalue weighted by Gasteiger charge is 2.28. The van der Waals surface area contributed by atoms with Crippen LogP contribution in [0.15, 0.2) is 18.5 Å². The molecule has 2 heterocycles. The molecule has 0 saturated heterocycles. The zero-order valence-corrected chi connectivity index (χ0v) is 10.7. The maximum Gasteiger partial charge on any atom is 0.240 e. The first-order valence-corrected chi connectivity index (χ1v) is 6.40. The van der Waals surface area contributed by atoms with Gasteiger partial charge in [0, 0.05) is 18.4 Å². The Morgan fingerprint density at radius 3 is 2.89 bits per heavy atom. The molecule has 0 bridgehead atoms. The van der Waals surface area contributed by atoms with Gasteiger partial charge < -0.3 is 10.5 Å². The lowest BCUT2D eigenvalue weighted by Crippen LogP contribution is -2.43. The lowest BCUT2D eigenvalue weighted by molar-refractivity contribution is 0.0971. The molecule has 0 aromatic carbocycles. The molecular weight excluding hydrogens is 228 g/mol. The Labute approximate surface area is 106 Å². The molecule has 1 aliphatic rings. The molecule has 0 spiro atoms. The average molecular weight is 246 g/mol. The van der Waals surface area contributed by atoms with Crippen molar-refractivity contribution in [3.63, 3.8) is 0 Å². The van der Waals surface area contributed by atoms with Crippen LogP contribution < -0.4 is 10.5 Å². The first kappa shape index (κ1) is 11.5. The Balaban J connectivity index is 1.91. The van der Waals surface area contributed by atoms with Gasteiger partial charge in [-0.05, 0) is 24.8 Å². The van der Waals surface area contributed by atoms with Crippen molar-refractivity contribution in [2.45, 2.75) is 44.8 Å². The molecule has 18 heavy (non-hydrogen) atoms. The number of rotatable bonds is 3. The van der Waals surface area contributed by atoms with Gasteiger partial charge in [-0.2, -0.15) is 5.10 Å². The fourth-order valence-electron chi connectivity index (χ4n) is 2.15. The molecule has 0 amide bonds. The predicted molar refractivity (Wildman–Crippen MR) is 68.7 cm³/mol. The minimum atomic E-state index is 0.205. The van der Waals surface area contributed by atoms with E-state index in [0.717, 1.165) is 24.1 Å². The molecule has 2 N–H and O–H groups in total. The van der Waals surface area contributed by atoms with E-state index in [0.29, 0.717) is 11.8 Å². The van der Waals surface area contributed by atoms with Crippen LogP contribution in [0.25, 0.3) is 5.52 Å². The summed E-state index contributed by atoms with van der Waals surface area (Å²) in [5.41, 5.74) is 7.75. The summed E-state index contributed by atoms with van der Waals surface area (Å²) < 4.78 is 7.70. The number of hydrogen-bond acceptors (Lipinski definition) is 4. The molecule has 2 aromatic rings. The van der Waals surface area contributed by atoms with Crippen LogP contribution in [0, 0.1) is 0 Å². The average Bonchev–Trinajstić information content (AvgIpc) is 2.72. The Morgan fingerprint density at radius 2 is 2.22 bits per heavy atom. The highest BCUT2D eigenvalue weighted by molar-refractivity contribution is 5.57. The van der Waals surface area contributed by atoms with Crippen LogP contribution in [0.1, 0.15) is 38.3 Å². The SMILES string of the molecule is CC(C)c1cc2c(OC3CC(N)C3)nccn2n1. The van der Waals surface area contributed by atoms with E-state index in [1.54, 1.807) is 6.20 Å². The van der Waals surface area contributed by atoms with Gasteiger partial charge in [-0.1, -0.05) is 13.8 Å². The molecule has 3 rings (SSSR count). The lowest BCUT2D eigenvalue weighted by Gasteiger charge is -2.32. The monoisotopic (exact) mass is 246 g/mol. The molecule has 2 aromatic heterocycles. The van der Waals surface area contributed by atoms with E-state index >= 15 is 0 Å². The van der Waals surface area contributed by atoms with Crippen molar-refractivity contribution in [2.24, 2.45) is 5.73 Å². The van der Waals surface area contributed by atoms with Gasteiger partial charge >= 0.3 is 0 Å². The Bertz CT molecular complexity index is 557. The van der Waals surface area contributed by atoms with E-state index in [-0.39, 0.29) is 12.1 Å². The first-order valence-electron chi connectivity index (χ1n) is 6.40. The van der Waals surface area contributed by atoms with Gasteiger partial charge in [0.2, 0.25) is 5.88 Å². The van der Waals surface area contributed by atoms with Gasteiger partial charge in [0.05, 0.1) is 5.69 Å². The predicted octanol–water partition coefficient (Wildman–Crippen LogP) is 1.72. The molecule has 0 atom stereocenters. The summed E-state index contributed by atoms with van der Waals surface area (Å²) in [7, 11) is 0. The van der Waals surface area contributed by atoms with Crippen LogP contribution in [0.4, 0.5) is 0 Å². The van der Waals surface area contributed by atoms with Gasteiger partial charge in [0.15, 0.2) is 0 Å². The first-order chi connectivity index (χ1) is 8.63. The summed E-state index contributed by atoms with van der Waals surface area (Å²) in [6.45, 7) is 4.25. The Kier molecular flexibility index (Phi) is 2.70. The van der Waals surface area contributed by atoms with Gasteiger partial charge in [-0.15, -0.1) is 0 Å². The molecule has 0 radical (unpaired) electrons. The third-order valence-corrected chi connectivity index (χ3v) is 3.37. The standard InChI is InChI=1S/C13H18N4O/c1-8(2)11-7-12-13(15-3-4-17(12)16-11)18-10-5-9(14)6-10/h3-4,7-10H,5-6,14H2,1-2H3.